The number of halogens is 2. The number of hydrogen-bond donors (Lipinski definition) is 1. The van der Waals surface area contributed by atoms with Crippen LogP contribution in [0.15, 0.2) is 66.7 Å². The van der Waals surface area contributed by atoms with Gasteiger partial charge in [0.05, 0.1) is 17.8 Å². The van der Waals surface area contributed by atoms with E-state index in [0.29, 0.717) is 22.7 Å². The van der Waals surface area contributed by atoms with E-state index in [2.05, 4.69) is 5.32 Å². The molecule has 0 atom stereocenters. The summed E-state index contributed by atoms with van der Waals surface area (Å²) >= 11 is 0. The molecule has 0 fully saturated rings. The minimum Gasteiger partial charge on any atom is -0.482 e. The van der Waals surface area contributed by atoms with E-state index in [1.807, 2.05) is 0 Å². The fourth-order valence-corrected chi connectivity index (χ4v) is 3.09. The molecule has 4 rings (SSSR count). The number of anilines is 2. The maximum absolute atomic E-state index is 14.1. The molecular formula is C22H16F2N2O3. The summed E-state index contributed by atoms with van der Waals surface area (Å²) in [7, 11) is 0. The van der Waals surface area contributed by atoms with E-state index >= 15 is 0 Å². The molecule has 0 aliphatic carbocycles. The quantitative estimate of drug-likeness (QED) is 0.724. The standard InChI is InChI=1S/C22H16F2N2O3/c23-17-7-3-1-5-14(17)12-26-19-11-15(9-10-20(19)29-13-21(26)27)25-22(28)16-6-2-4-8-18(16)24/h1-11H,12-13H2,(H,25,28). The fourth-order valence-electron chi connectivity index (χ4n) is 3.09. The molecular weight excluding hydrogens is 378 g/mol. The lowest BCUT2D eigenvalue weighted by molar-refractivity contribution is -0.121. The number of rotatable bonds is 4. The Hall–Kier alpha value is -3.74. The van der Waals surface area contributed by atoms with Crippen LogP contribution in [-0.2, 0) is 11.3 Å². The van der Waals surface area contributed by atoms with E-state index in [-0.39, 0.29) is 24.6 Å². The summed E-state index contributed by atoms with van der Waals surface area (Å²) in [6.07, 6.45) is 0. The SMILES string of the molecule is O=C(Nc1ccc2c(c1)N(Cc1ccccc1F)C(=O)CO2)c1ccccc1F. The lowest BCUT2D eigenvalue weighted by Gasteiger charge is -2.30. The number of benzene rings is 3. The third-order valence-corrected chi connectivity index (χ3v) is 4.56. The predicted octanol–water partition coefficient (Wildman–Crippen LogP) is 4.14. The van der Waals surface area contributed by atoms with Crippen LogP contribution in [0.3, 0.4) is 0 Å². The van der Waals surface area contributed by atoms with E-state index in [1.165, 1.54) is 29.2 Å². The number of carbonyl (C=O) groups excluding carboxylic acids is 2. The van der Waals surface area contributed by atoms with Gasteiger partial charge in [-0.2, -0.15) is 0 Å². The zero-order chi connectivity index (χ0) is 20.4. The zero-order valence-electron chi connectivity index (χ0n) is 15.2. The molecule has 3 aromatic rings. The Morgan fingerprint density at radius 2 is 1.72 bits per heavy atom. The van der Waals surface area contributed by atoms with Gasteiger partial charge in [-0.3, -0.25) is 9.59 Å². The maximum atomic E-state index is 14.1. The lowest BCUT2D eigenvalue weighted by Crippen LogP contribution is -2.38. The third kappa shape index (κ3) is 3.80. The molecule has 0 spiro atoms. The number of nitrogens with zero attached hydrogens (tertiary/aromatic N) is 1. The molecule has 1 N–H and O–H groups in total. The zero-order valence-corrected chi connectivity index (χ0v) is 15.2. The first kappa shape index (κ1) is 18.6. The summed E-state index contributed by atoms with van der Waals surface area (Å²) < 4.78 is 33.3. The number of amides is 2. The second-order valence-corrected chi connectivity index (χ2v) is 6.48. The van der Waals surface area contributed by atoms with Gasteiger partial charge in [-0.05, 0) is 36.4 Å². The lowest BCUT2D eigenvalue weighted by atomic mass is 10.1. The van der Waals surface area contributed by atoms with Crippen LogP contribution in [0, 0.1) is 11.6 Å². The summed E-state index contributed by atoms with van der Waals surface area (Å²) in [6.45, 7) is -0.144. The number of ether oxygens (including phenoxy) is 1. The van der Waals surface area contributed by atoms with E-state index in [4.69, 9.17) is 4.74 Å². The molecule has 0 bridgehead atoms. The Kier molecular flexibility index (Phi) is 4.95. The molecule has 146 valence electrons. The number of fused-ring (bicyclic) bond motifs is 1. The average molecular weight is 394 g/mol. The van der Waals surface area contributed by atoms with Crippen molar-refractivity contribution in [2.45, 2.75) is 6.54 Å². The highest BCUT2D eigenvalue weighted by Crippen LogP contribution is 2.36. The predicted molar refractivity (Wildman–Crippen MR) is 104 cm³/mol. The van der Waals surface area contributed by atoms with Gasteiger partial charge in [-0.15, -0.1) is 0 Å². The van der Waals surface area contributed by atoms with Crippen LogP contribution in [0.1, 0.15) is 15.9 Å². The van der Waals surface area contributed by atoms with Crippen molar-refractivity contribution < 1.29 is 23.1 Å². The Bertz CT molecular complexity index is 1100. The maximum Gasteiger partial charge on any atom is 0.265 e. The van der Waals surface area contributed by atoms with Crippen molar-refractivity contribution in [3.8, 4) is 5.75 Å². The monoisotopic (exact) mass is 394 g/mol. The normalized spacial score (nSPS) is 12.9. The molecule has 0 unspecified atom stereocenters. The summed E-state index contributed by atoms with van der Waals surface area (Å²) in [5, 5.41) is 2.61. The van der Waals surface area contributed by atoms with Crippen molar-refractivity contribution in [2.24, 2.45) is 0 Å². The Balaban J connectivity index is 1.63. The van der Waals surface area contributed by atoms with Crippen molar-refractivity contribution in [1.29, 1.82) is 0 Å². The highest BCUT2D eigenvalue weighted by Gasteiger charge is 2.27. The van der Waals surface area contributed by atoms with Crippen LogP contribution >= 0.6 is 0 Å². The van der Waals surface area contributed by atoms with Gasteiger partial charge in [0.15, 0.2) is 6.61 Å². The highest BCUT2D eigenvalue weighted by molar-refractivity contribution is 6.05. The van der Waals surface area contributed by atoms with E-state index < -0.39 is 17.5 Å². The Morgan fingerprint density at radius 1 is 1.00 bits per heavy atom. The van der Waals surface area contributed by atoms with Gasteiger partial charge in [-0.1, -0.05) is 30.3 Å². The van der Waals surface area contributed by atoms with Gasteiger partial charge in [0.2, 0.25) is 0 Å². The molecule has 0 saturated carbocycles. The molecule has 0 aromatic heterocycles. The third-order valence-electron chi connectivity index (χ3n) is 4.56. The van der Waals surface area contributed by atoms with Gasteiger partial charge in [0.1, 0.15) is 17.4 Å². The average Bonchev–Trinajstić information content (AvgIpc) is 2.72. The largest absolute Gasteiger partial charge is 0.482 e. The van der Waals surface area contributed by atoms with Gasteiger partial charge in [-0.25, -0.2) is 8.78 Å². The van der Waals surface area contributed by atoms with E-state index in [0.717, 1.165) is 0 Å². The molecule has 29 heavy (non-hydrogen) atoms. The van der Waals surface area contributed by atoms with Gasteiger partial charge in [0, 0.05) is 11.3 Å². The van der Waals surface area contributed by atoms with Crippen LogP contribution in [0.2, 0.25) is 0 Å². The van der Waals surface area contributed by atoms with Gasteiger partial charge >= 0.3 is 0 Å². The molecule has 7 heteroatoms. The summed E-state index contributed by atoms with van der Waals surface area (Å²) in [5.41, 5.74) is 1.01. The molecule has 1 aliphatic heterocycles. The minimum absolute atomic E-state index is 0.0204. The van der Waals surface area contributed by atoms with Crippen molar-refractivity contribution in [1.82, 2.24) is 0 Å². The van der Waals surface area contributed by atoms with Crippen molar-refractivity contribution in [3.63, 3.8) is 0 Å². The molecule has 1 heterocycles. The first-order valence-corrected chi connectivity index (χ1v) is 8.89. The molecule has 1 aliphatic rings. The van der Waals surface area contributed by atoms with Crippen molar-refractivity contribution in [2.75, 3.05) is 16.8 Å². The molecule has 0 radical (unpaired) electrons. The van der Waals surface area contributed by atoms with Crippen molar-refractivity contribution >= 4 is 23.2 Å². The molecule has 3 aromatic carbocycles. The van der Waals surface area contributed by atoms with Crippen LogP contribution < -0.4 is 15.0 Å². The first-order chi connectivity index (χ1) is 14.0. The van der Waals surface area contributed by atoms with Crippen LogP contribution in [0.4, 0.5) is 20.2 Å². The topological polar surface area (TPSA) is 58.6 Å². The highest BCUT2D eigenvalue weighted by atomic mass is 19.1. The second kappa shape index (κ2) is 7.71. The molecule has 2 amide bonds. The Morgan fingerprint density at radius 3 is 2.48 bits per heavy atom. The summed E-state index contributed by atoms with van der Waals surface area (Å²) in [5.74, 6) is -1.57. The number of hydrogen-bond acceptors (Lipinski definition) is 3. The fraction of sp³-hybridized carbons (Fsp3) is 0.0909. The number of carbonyl (C=O) groups is 2. The first-order valence-electron chi connectivity index (χ1n) is 8.89. The van der Waals surface area contributed by atoms with E-state index in [9.17, 15) is 18.4 Å². The molecule has 0 saturated heterocycles. The van der Waals surface area contributed by atoms with E-state index in [1.54, 1.807) is 42.5 Å². The second-order valence-electron chi connectivity index (χ2n) is 6.48. The Labute approximate surface area is 165 Å². The smallest absolute Gasteiger partial charge is 0.265 e. The van der Waals surface area contributed by atoms with Crippen LogP contribution in [0.5, 0.6) is 5.75 Å². The van der Waals surface area contributed by atoms with Crippen molar-refractivity contribution in [3.05, 3.63) is 89.5 Å². The summed E-state index contributed by atoms with van der Waals surface area (Å²) in [6, 6.07) is 16.6. The van der Waals surface area contributed by atoms with Crippen LogP contribution in [0.25, 0.3) is 0 Å². The number of nitrogens with one attached hydrogen (secondary N) is 1. The van der Waals surface area contributed by atoms with Gasteiger partial charge < -0.3 is 15.0 Å². The van der Waals surface area contributed by atoms with Crippen LogP contribution in [-0.4, -0.2) is 18.4 Å². The molecule has 5 nitrogen and oxygen atoms in total. The van der Waals surface area contributed by atoms with Gasteiger partial charge in [0.25, 0.3) is 11.8 Å². The minimum atomic E-state index is -0.636. The summed E-state index contributed by atoms with van der Waals surface area (Å²) in [4.78, 5) is 26.2.